The van der Waals surface area contributed by atoms with Gasteiger partial charge in [-0.1, -0.05) is 12.8 Å². The molecular formula is C14H19N3O. The van der Waals surface area contributed by atoms with E-state index >= 15 is 0 Å². The van der Waals surface area contributed by atoms with E-state index in [0.29, 0.717) is 17.2 Å². The Balaban J connectivity index is 2.10. The molecule has 96 valence electrons. The first kappa shape index (κ1) is 12.7. The molecule has 1 aliphatic rings. The number of nitrogens with two attached hydrogens (primary N) is 1. The van der Waals surface area contributed by atoms with Crippen LogP contribution < -0.4 is 11.1 Å². The van der Waals surface area contributed by atoms with Crippen LogP contribution in [0.4, 0.5) is 11.4 Å². The van der Waals surface area contributed by atoms with Gasteiger partial charge in [0.25, 0.3) is 0 Å². The highest BCUT2D eigenvalue weighted by Crippen LogP contribution is 2.29. The van der Waals surface area contributed by atoms with Crippen LogP contribution in [0, 0.1) is 17.2 Å². The van der Waals surface area contributed by atoms with Crippen LogP contribution in [0.1, 0.15) is 31.2 Å². The highest BCUT2D eigenvalue weighted by molar-refractivity contribution is 5.68. The minimum absolute atomic E-state index is 0.216. The summed E-state index contributed by atoms with van der Waals surface area (Å²) in [5.74, 6) is 0.300. The molecule has 0 amide bonds. The maximum absolute atomic E-state index is 9.38. The summed E-state index contributed by atoms with van der Waals surface area (Å²) in [7, 11) is 0. The van der Waals surface area contributed by atoms with Crippen molar-refractivity contribution in [3.05, 3.63) is 23.8 Å². The molecule has 2 rings (SSSR count). The first-order chi connectivity index (χ1) is 8.74. The molecule has 0 heterocycles. The zero-order chi connectivity index (χ0) is 13.0. The van der Waals surface area contributed by atoms with Gasteiger partial charge in [-0.25, -0.2) is 0 Å². The Morgan fingerprint density at radius 3 is 2.83 bits per heavy atom. The first-order valence-corrected chi connectivity index (χ1v) is 6.41. The molecule has 1 fully saturated rings. The monoisotopic (exact) mass is 245 g/mol. The van der Waals surface area contributed by atoms with E-state index < -0.39 is 0 Å². The van der Waals surface area contributed by atoms with Gasteiger partial charge in [0, 0.05) is 18.6 Å². The number of aliphatic hydroxyl groups is 1. The molecule has 1 aliphatic carbocycles. The summed E-state index contributed by atoms with van der Waals surface area (Å²) in [6.07, 6.45) is 4.49. The van der Waals surface area contributed by atoms with E-state index in [4.69, 9.17) is 11.0 Å². The van der Waals surface area contributed by atoms with Crippen molar-refractivity contribution in [3.8, 4) is 6.07 Å². The Bertz CT molecular complexity index is 453. The highest BCUT2D eigenvalue weighted by Gasteiger charge is 2.24. The van der Waals surface area contributed by atoms with Gasteiger partial charge in [-0.15, -0.1) is 0 Å². The maximum atomic E-state index is 9.38. The Kier molecular flexibility index (Phi) is 4.06. The third-order valence-corrected chi connectivity index (χ3v) is 3.67. The fraction of sp³-hybridized carbons (Fsp3) is 0.500. The molecule has 4 heteroatoms. The summed E-state index contributed by atoms with van der Waals surface area (Å²) in [6.45, 7) is 0.216. The van der Waals surface area contributed by atoms with E-state index in [-0.39, 0.29) is 12.6 Å². The predicted octanol–water partition coefficient (Wildman–Crippen LogP) is 2.10. The number of nitriles is 1. The van der Waals surface area contributed by atoms with Crippen LogP contribution in [0.15, 0.2) is 18.2 Å². The summed E-state index contributed by atoms with van der Waals surface area (Å²) in [4.78, 5) is 0. The average molecular weight is 245 g/mol. The third-order valence-electron chi connectivity index (χ3n) is 3.67. The molecule has 1 aromatic carbocycles. The van der Waals surface area contributed by atoms with Gasteiger partial charge in [-0.3, -0.25) is 0 Å². The molecule has 2 atom stereocenters. The standard InChI is InChI=1S/C14H19N3O/c15-8-10-5-6-14(12(16)7-10)17-13-4-2-1-3-11(13)9-18/h5-7,11,13,17-18H,1-4,9,16H2. The molecule has 4 N–H and O–H groups in total. The molecule has 0 bridgehead atoms. The van der Waals surface area contributed by atoms with Gasteiger partial charge in [0.1, 0.15) is 0 Å². The number of nitrogens with one attached hydrogen (secondary N) is 1. The van der Waals surface area contributed by atoms with Gasteiger partial charge in [0.2, 0.25) is 0 Å². The summed E-state index contributed by atoms with van der Waals surface area (Å²) in [6, 6.07) is 7.63. The third kappa shape index (κ3) is 2.74. The van der Waals surface area contributed by atoms with Crippen molar-refractivity contribution in [2.24, 2.45) is 5.92 Å². The zero-order valence-electron chi connectivity index (χ0n) is 10.4. The molecule has 0 aromatic heterocycles. The van der Waals surface area contributed by atoms with Crippen LogP contribution >= 0.6 is 0 Å². The Morgan fingerprint density at radius 1 is 1.39 bits per heavy atom. The fourth-order valence-corrected chi connectivity index (χ4v) is 2.58. The number of rotatable bonds is 3. The molecule has 0 aliphatic heterocycles. The molecule has 2 unspecified atom stereocenters. The first-order valence-electron chi connectivity index (χ1n) is 6.41. The number of benzene rings is 1. The second-order valence-corrected chi connectivity index (χ2v) is 4.89. The predicted molar refractivity (Wildman–Crippen MR) is 72.0 cm³/mol. The van der Waals surface area contributed by atoms with E-state index in [9.17, 15) is 5.11 Å². The molecule has 1 saturated carbocycles. The smallest absolute Gasteiger partial charge is 0.0992 e. The SMILES string of the molecule is N#Cc1ccc(NC2CCCCC2CO)c(N)c1. The van der Waals surface area contributed by atoms with Crippen LogP contribution in [0.25, 0.3) is 0 Å². The van der Waals surface area contributed by atoms with Gasteiger partial charge < -0.3 is 16.2 Å². The summed E-state index contributed by atoms with van der Waals surface area (Å²) in [5.41, 5.74) is 7.95. The number of nitrogens with zero attached hydrogens (tertiary/aromatic N) is 1. The van der Waals surface area contributed by atoms with Gasteiger partial charge in [-0.05, 0) is 31.0 Å². The molecule has 18 heavy (non-hydrogen) atoms. The topological polar surface area (TPSA) is 82.1 Å². The van der Waals surface area contributed by atoms with Crippen LogP contribution in [-0.4, -0.2) is 17.8 Å². The number of anilines is 2. The van der Waals surface area contributed by atoms with Gasteiger partial charge >= 0.3 is 0 Å². The van der Waals surface area contributed by atoms with Crippen molar-refractivity contribution in [3.63, 3.8) is 0 Å². The zero-order valence-corrected chi connectivity index (χ0v) is 10.4. The van der Waals surface area contributed by atoms with Crippen molar-refractivity contribution in [2.45, 2.75) is 31.7 Å². The number of hydrogen-bond acceptors (Lipinski definition) is 4. The molecule has 0 radical (unpaired) electrons. The molecule has 0 saturated heterocycles. The highest BCUT2D eigenvalue weighted by atomic mass is 16.3. The fourth-order valence-electron chi connectivity index (χ4n) is 2.58. The summed E-state index contributed by atoms with van der Waals surface area (Å²) >= 11 is 0. The molecule has 4 nitrogen and oxygen atoms in total. The lowest BCUT2D eigenvalue weighted by Gasteiger charge is -2.32. The maximum Gasteiger partial charge on any atom is 0.0992 e. The van der Waals surface area contributed by atoms with Crippen LogP contribution in [0.2, 0.25) is 0 Å². The summed E-state index contributed by atoms with van der Waals surface area (Å²) < 4.78 is 0. The minimum Gasteiger partial charge on any atom is -0.397 e. The van der Waals surface area contributed by atoms with Crippen molar-refractivity contribution >= 4 is 11.4 Å². The van der Waals surface area contributed by atoms with E-state index in [1.54, 1.807) is 12.1 Å². The Morgan fingerprint density at radius 2 is 2.17 bits per heavy atom. The molecular weight excluding hydrogens is 226 g/mol. The van der Waals surface area contributed by atoms with E-state index in [0.717, 1.165) is 18.5 Å². The normalized spacial score (nSPS) is 23.3. The van der Waals surface area contributed by atoms with Crippen LogP contribution in [0.5, 0.6) is 0 Å². The number of aliphatic hydroxyl groups excluding tert-OH is 1. The van der Waals surface area contributed by atoms with Crippen molar-refractivity contribution < 1.29 is 5.11 Å². The second-order valence-electron chi connectivity index (χ2n) is 4.89. The van der Waals surface area contributed by atoms with E-state index in [2.05, 4.69) is 11.4 Å². The average Bonchev–Trinajstić information content (AvgIpc) is 2.41. The summed E-state index contributed by atoms with van der Waals surface area (Å²) in [5, 5.41) is 21.6. The number of nitrogen functional groups attached to an aromatic ring is 1. The largest absolute Gasteiger partial charge is 0.397 e. The van der Waals surface area contributed by atoms with Crippen LogP contribution in [0.3, 0.4) is 0 Å². The van der Waals surface area contributed by atoms with Crippen molar-refractivity contribution in [1.29, 1.82) is 5.26 Å². The Labute approximate surface area is 107 Å². The van der Waals surface area contributed by atoms with Crippen molar-refractivity contribution in [1.82, 2.24) is 0 Å². The Hall–Kier alpha value is -1.73. The van der Waals surface area contributed by atoms with Gasteiger partial charge in [0.05, 0.1) is 23.0 Å². The van der Waals surface area contributed by atoms with Crippen LogP contribution in [-0.2, 0) is 0 Å². The van der Waals surface area contributed by atoms with Gasteiger partial charge in [0.15, 0.2) is 0 Å². The molecule has 0 spiro atoms. The quantitative estimate of drug-likeness (QED) is 0.712. The number of hydrogen-bond donors (Lipinski definition) is 3. The second kappa shape index (κ2) is 5.74. The van der Waals surface area contributed by atoms with E-state index in [1.165, 1.54) is 12.8 Å². The lowest BCUT2D eigenvalue weighted by Crippen LogP contribution is -2.34. The van der Waals surface area contributed by atoms with Crippen molar-refractivity contribution in [2.75, 3.05) is 17.7 Å². The molecule has 1 aromatic rings. The lowest BCUT2D eigenvalue weighted by molar-refractivity contribution is 0.178. The van der Waals surface area contributed by atoms with E-state index in [1.807, 2.05) is 6.07 Å². The minimum atomic E-state index is 0.216. The van der Waals surface area contributed by atoms with Gasteiger partial charge in [-0.2, -0.15) is 5.26 Å². The lowest BCUT2D eigenvalue weighted by atomic mass is 9.85.